The van der Waals surface area contributed by atoms with Gasteiger partial charge in [0.15, 0.2) is 5.65 Å². The minimum absolute atomic E-state index is 0.0996. The van der Waals surface area contributed by atoms with Crippen molar-refractivity contribution in [2.45, 2.75) is 31.6 Å². The number of carbonyl (C=O) groups is 1. The number of aromatic nitrogens is 3. The zero-order valence-corrected chi connectivity index (χ0v) is 14.7. The lowest BCUT2D eigenvalue weighted by molar-refractivity contribution is 0.181. The standard InChI is InChI=1S/C20H23N5O/c26-20(24-10-13-3-4-13)25-8-5-14(6-9-25)16-11-22-19-18(16)15-2-1-7-21-17(15)12-23-19/h1-2,7,11-14,21H,3-6,8-10H2,(H,24,26). The molecule has 2 N–H and O–H groups in total. The number of urea groups is 1. The van der Waals surface area contributed by atoms with E-state index >= 15 is 0 Å². The molecule has 1 saturated carbocycles. The number of pyridine rings is 2. The molecule has 5 rings (SSSR count). The number of H-pyrrole nitrogens is 1. The zero-order chi connectivity index (χ0) is 17.5. The van der Waals surface area contributed by atoms with E-state index in [9.17, 15) is 4.79 Å². The molecule has 0 unspecified atom stereocenters. The van der Waals surface area contributed by atoms with Gasteiger partial charge in [0.1, 0.15) is 0 Å². The predicted molar refractivity (Wildman–Crippen MR) is 101 cm³/mol. The SMILES string of the molecule is O=C(NCC1CC1)N1CCC(c2cnc3ncc4[nH]cccc4c23)CC1. The van der Waals surface area contributed by atoms with Gasteiger partial charge in [0.25, 0.3) is 0 Å². The molecule has 1 aliphatic heterocycles. The molecule has 6 heteroatoms. The summed E-state index contributed by atoms with van der Waals surface area (Å²) in [6.07, 6.45) is 10.2. The first-order chi connectivity index (χ1) is 12.8. The average Bonchev–Trinajstić information content (AvgIpc) is 3.42. The van der Waals surface area contributed by atoms with E-state index < -0.39 is 0 Å². The molecule has 0 spiro atoms. The monoisotopic (exact) mass is 349 g/mol. The van der Waals surface area contributed by atoms with Gasteiger partial charge in [0.05, 0.1) is 11.7 Å². The Balaban J connectivity index is 1.35. The van der Waals surface area contributed by atoms with Gasteiger partial charge in [-0.3, -0.25) is 0 Å². The van der Waals surface area contributed by atoms with Gasteiger partial charge in [-0.2, -0.15) is 0 Å². The first-order valence-corrected chi connectivity index (χ1v) is 9.53. The molecule has 0 radical (unpaired) electrons. The number of amides is 2. The third kappa shape index (κ3) is 2.79. The van der Waals surface area contributed by atoms with Crippen molar-refractivity contribution in [1.29, 1.82) is 0 Å². The minimum atomic E-state index is 0.0996. The van der Waals surface area contributed by atoms with E-state index in [0.29, 0.717) is 5.92 Å². The Labute approximate surface area is 152 Å². The van der Waals surface area contributed by atoms with Crippen LogP contribution in [0, 0.1) is 5.92 Å². The fourth-order valence-electron chi connectivity index (χ4n) is 4.03. The van der Waals surface area contributed by atoms with E-state index in [4.69, 9.17) is 0 Å². The summed E-state index contributed by atoms with van der Waals surface area (Å²) in [6.45, 7) is 2.45. The fourth-order valence-corrected chi connectivity index (χ4v) is 4.03. The lowest BCUT2D eigenvalue weighted by Gasteiger charge is -2.32. The smallest absolute Gasteiger partial charge is 0.317 e. The second-order valence-electron chi connectivity index (χ2n) is 7.56. The van der Waals surface area contributed by atoms with E-state index in [0.717, 1.165) is 54.9 Å². The summed E-state index contributed by atoms with van der Waals surface area (Å²) >= 11 is 0. The maximum Gasteiger partial charge on any atom is 0.317 e. The van der Waals surface area contributed by atoms with Gasteiger partial charge in [0, 0.05) is 42.8 Å². The van der Waals surface area contributed by atoms with Crippen LogP contribution in [-0.2, 0) is 0 Å². The van der Waals surface area contributed by atoms with Gasteiger partial charge in [-0.25, -0.2) is 14.8 Å². The third-order valence-corrected chi connectivity index (χ3v) is 5.77. The summed E-state index contributed by atoms with van der Waals surface area (Å²) in [6, 6.07) is 4.25. The summed E-state index contributed by atoms with van der Waals surface area (Å²) in [5, 5.41) is 5.42. The highest BCUT2D eigenvalue weighted by atomic mass is 16.2. The molecule has 3 aromatic heterocycles. The predicted octanol–water partition coefficient (Wildman–Crippen LogP) is 3.41. The lowest BCUT2D eigenvalue weighted by Crippen LogP contribution is -2.44. The second-order valence-corrected chi connectivity index (χ2v) is 7.56. The van der Waals surface area contributed by atoms with Crippen molar-refractivity contribution in [3.05, 3.63) is 36.3 Å². The topological polar surface area (TPSA) is 73.9 Å². The first-order valence-electron chi connectivity index (χ1n) is 9.53. The Morgan fingerprint density at radius 2 is 2.00 bits per heavy atom. The number of aromatic amines is 1. The van der Waals surface area contributed by atoms with E-state index in [-0.39, 0.29) is 6.03 Å². The number of rotatable bonds is 3. The molecule has 134 valence electrons. The molecule has 3 aromatic rings. The van der Waals surface area contributed by atoms with Crippen molar-refractivity contribution in [3.63, 3.8) is 0 Å². The normalized spacial score (nSPS) is 18.5. The van der Waals surface area contributed by atoms with Crippen molar-refractivity contribution < 1.29 is 4.79 Å². The van der Waals surface area contributed by atoms with Crippen LogP contribution in [0.2, 0.25) is 0 Å². The average molecular weight is 349 g/mol. The number of carbonyl (C=O) groups excluding carboxylic acids is 1. The van der Waals surface area contributed by atoms with Crippen LogP contribution in [0.3, 0.4) is 0 Å². The summed E-state index contributed by atoms with van der Waals surface area (Å²) in [4.78, 5) is 26.6. The molecule has 0 bridgehead atoms. The third-order valence-electron chi connectivity index (χ3n) is 5.77. The van der Waals surface area contributed by atoms with Crippen LogP contribution in [0.1, 0.15) is 37.2 Å². The molecule has 26 heavy (non-hydrogen) atoms. The molecular weight excluding hydrogens is 326 g/mol. The fraction of sp³-hybridized carbons (Fsp3) is 0.450. The highest BCUT2D eigenvalue weighted by Crippen LogP contribution is 2.35. The minimum Gasteiger partial charge on any atom is -0.360 e. The first kappa shape index (κ1) is 15.6. The molecule has 2 aliphatic rings. The largest absolute Gasteiger partial charge is 0.360 e. The quantitative estimate of drug-likeness (QED) is 0.761. The Hall–Kier alpha value is -2.63. The Kier molecular flexibility index (Phi) is 3.76. The molecule has 2 fully saturated rings. The number of likely N-dealkylation sites (tertiary alicyclic amines) is 1. The van der Waals surface area contributed by atoms with E-state index in [1.165, 1.54) is 23.8 Å². The van der Waals surface area contributed by atoms with Gasteiger partial charge < -0.3 is 15.2 Å². The van der Waals surface area contributed by atoms with Crippen molar-refractivity contribution in [2.75, 3.05) is 19.6 Å². The maximum absolute atomic E-state index is 12.3. The van der Waals surface area contributed by atoms with Gasteiger partial charge in [-0.05, 0) is 49.1 Å². The molecular formula is C20H23N5O. The van der Waals surface area contributed by atoms with E-state index in [1.807, 2.05) is 29.6 Å². The van der Waals surface area contributed by atoms with E-state index in [1.54, 1.807) is 0 Å². The number of hydrogen-bond donors (Lipinski definition) is 2. The molecule has 0 aromatic carbocycles. The van der Waals surface area contributed by atoms with Gasteiger partial charge in [-0.1, -0.05) is 6.07 Å². The summed E-state index contributed by atoms with van der Waals surface area (Å²) in [7, 11) is 0. The highest BCUT2D eigenvalue weighted by molar-refractivity contribution is 6.05. The molecule has 0 atom stereocenters. The van der Waals surface area contributed by atoms with Gasteiger partial charge in [-0.15, -0.1) is 0 Å². The van der Waals surface area contributed by atoms with Crippen LogP contribution in [0.5, 0.6) is 0 Å². The molecule has 1 saturated heterocycles. The van der Waals surface area contributed by atoms with Crippen LogP contribution >= 0.6 is 0 Å². The van der Waals surface area contributed by atoms with Crippen molar-refractivity contribution in [1.82, 2.24) is 25.2 Å². The van der Waals surface area contributed by atoms with Crippen LogP contribution < -0.4 is 5.32 Å². The number of fused-ring (bicyclic) bond motifs is 3. The van der Waals surface area contributed by atoms with Gasteiger partial charge >= 0.3 is 6.03 Å². The summed E-state index contributed by atoms with van der Waals surface area (Å²) in [5.74, 6) is 1.15. The molecule has 2 amide bonds. The van der Waals surface area contributed by atoms with Crippen LogP contribution in [0.15, 0.2) is 30.7 Å². The number of hydrogen-bond acceptors (Lipinski definition) is 3. The lowest BCUT2D eigenvalue weighted by atomic mass is 9.89. The molecule has 1 aliphatic carbocycles. The molecule has 4 heterocycles. The molecule has 6 nitrogen and oxygen atoms in total. The van der Waals surface area contributed by atoms with Crippen LogP contribution in [0.25, 0.3) is 21.9 Å². The van der Waals surface area contributed by atoms with E-state index in [2.05, 4.69) is 26.3 Å². The maximum atomic E-state index is 12.3. The van der Waals surface area contributed by atoms with Gasteiger partial charge in [0.2, 0.25) is 0 Å². The van der Waals surface area contributed by atoms with Crippen LogP contribution in [0.4, 0.5) is 4.79 Å². The van der Waals surface area contributed by atoms with Crippen LogP contribution in [-0.4, -0.2) is 45.5 Å². The Morgan fingerprint density at radius 3 is 2.81 bits per heavy atom. The number of nitrogens with zero attached hydrogens (tertiary/aromatic N) is 3. The van der Waals surface area contributed by atoms with Crippen molar-refractivity contribution >= 4 is 28.0 Å². The Bertz CT molecular complexity index is 953. The number of piperidine rings is 1. The summed E-state index contributed by atoms with van der Waals surface area (Å²) < 4.78 is 0. The summed E-state index contributed by atoms with van der Waals surface area (Å²) in [5.41, 5.74) is 3.12. The zero-order valence-electron chi connectivity index (χ0n) is 14.7. The second kappa shape index (κ2) is 6.27. The highest BCUT2D eigenvalue weighted by Gasteiger charge is 2.28. The Morgan fingerprint density at radius 1 is 1.19 bits per heavy atom. The van der Waals surface area contributed by atoms with Crippen molar-refractivity contribution in [2.24, 2.45) is 5.92 Å². The number of nitrogens with one attached hydrogen (secondary N) is 2. The van der Waals surface area contributed by atoms with Crippen molar-refractivity contribution in [3.8, 4) is 0 Å².